The van der Waals surface area contributed by atoms with Crippen LogP contribution in [0.15, 0.2) is 0 Å². The van der Waals surface area contributed by atoms with E-state index in [2.05, 4.69) is 5.32 Å². The molecule has 0 saturated heterocycles. The minimum atomic E-state index is -0.186. The van der Waals surface area contributed by atoms with Gasteiger partial charge in [0.15, 0.2) is 0 Å². The van der Waals surface area contributed by atoms with Crippen molar-refractivity contribution in [3.63, 3.8) is 0 Å². The summed E-state index contributed by atoms with van der Waals surface area (Å²) in [6, 6.07) is 0. The van der Waals surface area contributed by atoms with Crippen molar-refractivity contribution in [3.8, 4) is 0 Å². The van der Waals surface area contributed by atoms with E-state index in [4.69, 9.17) is 9.84 Å². The first-order chi connectivity index (χ1) is 6.79. The van der Waals surface area contributed by atoms with Crippen molar-refractivity contribution in [2.75, 3.05) is 26.3 Å². The smallest absolute Gasteiger partial charge is 0.0524 e. The molecule has 1 saturated carbocycles. The number of aliphatic hydroxyl groups is 1. The summed E-state index contributed by atoms with van der Waals surface area (Å²) >= 11 is 0. The van der Waals surface area contributed by atoms with Crippen LogP contribution in [0.5, 0.6) is 0 Å². The lowest BCUT2D eigenvalue weighted by Crippen LogP contribution is -2.21. The molecule has 0 aliphatic heterocycles. The van der Waals surface area contributed by atoms with Crippen LogP contribution in [0.4, 0.5) is 0 Å². The van der Waals surface area contributed by atoms with Crippen LogP contribution in [0.3, 0.4) is 0 Å². The number of rotatable bonds is 9. The highest BCUT2D eigenvalue weighted by molar-refractivity contribution is 4.71. The highest BCUT2D eigenvalue weighted by atomic mass is 16.5. The number of ether oxygens (including phenoxy) is 1. The van der Waals surface area contributed by atoms with E-state index in [1.165, 1.54) is 12.8 Å². The number of aliphatic hydroxyl groups excluding tert-OH is 1. The molecule has 1 atom stereocenters. The summed E-state index contributed by atoms with van der Waals surface area (Å²) in [6.45, 7) is 5.56. The van der Waals surface area contributed by atoms with E-state index in [-0.39, 0.29) is 6.10 Å². The Morgan fingerprint density at radius 1 is 1.43 bits per heavy atom. The third-order valence-electron chi connectivity index (χ3n) is 2.43. The zero-order valence-corrected chi connectivity index (χ0v) is 9.17. The van der Waals surface area contributed by atoms with E-state index >= 15 is 0 Å². The lowest BCUT2D eigenvalue weighted by molar-refractivity contribution is 0.121. The third kappa shape index (κ3) is 7.30. The van der Waals surface area contributed by atoms with Crippen LogP contribution in [-0.2, 0) is 4.74 Å². The summed E-state index contributed by atoms with van der Waals surface area (Å²) in [4.78, 5) is 0. The minimum Gasteiger partial charge on any atom is -0.393 e. The maximum Gasteiger partial charge on any atom is 0.0524 e. The molecule has 0 bridgehead atoms. The van der Waals surface area contributed by atoms with E-state index in [9.17, 15) is 0 Å². The highest BCUT2D eigenvalue weighted by Crippen LogP contribution is 2.28. The van der Waals surface area contributed by atoms with Gasteiger partial charge in [-0.25, -0.2) is 0 Å². The van der Waals surface area contributed by atoms with Crippen molar-refractivity contribution in [2.45, 2.75) is 38.7 Å². The Bertz CT molecular complexity index is 127. The fourth-order valence-electron chi connectivity index (χ4n) is 1.27. The van der Waals surface area contributed by atoms with Crippen LogP contribution in [0.2, 0.25) is 0 Å². The SMILES string of the molecule is CC(O)CCNCCCOCC1CC1. The minimum absolute atomic E-state index is 0.186. The Morgan fingerprint density at radius 3 is 2.86 bits per heavy atom. The van der Waals surface area contributed by atoms with Crippen molar-refractivity contribution < 1.29 is 9.84 Å². The summed E-state index contributed by atoms with van der Waals surface area (Å²) < 4.78 is 5.50. The topological polar surface area (TPSA) is 41.5 Å². The quantitative estimate of drug-likeness (QED) is 0.550. The first-order valence-corrected chi connectivity index (χ1v) is 5.75. The monoisotopic (exact) mass is 201 g/mol. The molecule has 1 fully saturated rings. The van der Waals surface area contributed by atoms with Crippen molar-refractivity contribution in [2.24, 2.45) is 5.92 Å². The largest absolute Gasteiger partial charge is 0.393 e. The van der Waals surface area contributed by atoms with E-state index in [0.717, 1.165) is 45.1 Å². The van der Waals surface area contributed by atoms with Crippen LogP contribution in [0.1, 0.15) is 32.6 Å². The van der Waals surface area contributed by atoms with Gasteiger partial charge in [-0.1, -0.05) is 0 Å². The first kappa shape index (κ1) is 12.0. The molecular weight excluding hydrogens is 178 g/mol. The molecule has 1 unspecified atom stereocenters. The second-order valence-corrected chi connectivity index (χ2v) is 4.26. The summed E-state index contributed by atoms with van der Waals surface area (Å²) in [5.41, 5.74) is 0. The molecule has 3 heteroatoms. The van der Waals surface area contributed by atoms with Gasteiger partial charge in [-0.05, 0) is 51.6 Å². The molecule has 0 aromatic heterocycles. The Balaban J connectivity index is 1.66. The molecular formula is C11H23NO2. The van der Waals surface area contributed by atoms with E-state index in [1.807, 2.05) is 6.92 Å². The summed E-state index contributed by atoms with van der Waals surface area (Å²) in [5.74, 6) is 0.873. The van der Waals surface area contributed by atoms with Crippen LogP contribution in [-0.4, -0.2) is 37.5 Å². The zero-order chi connectivity index (χ0) is 10.2. The fraction of sp³-hybridized carbons (Fsp3) is 1.00. The van der Waals surface area contributed by atoms with Gasteiger partial charge in [-0.15, -0.1) is 0 Å². The van der Waals surface area contributed by atoms with Crippen LogP contribution >= 0.6 is 0 Å². The standard InChI is InChI=1S/C11H23NO2/c1-10(13)5-7-12-6-2-8-14-9-11-3-4-11/h10-13H,2-9H2,1H3. The molecule has 0 heterocycles. The van der Waals surface area contributed by atoms with Gasteiger partial charge in [0, 0.05) is 13.2 Å². The van der Waals surface area contributed by atoms with Crippen molar-refractivity contribution in [1.82, 2.24) is 5.32 Å². The lowest BCUT2D eigenvalue weighted by Gasteiger charge is -2.06. The predicted molar refractivity (Wildman–Crippen MR) is 57.3 cm³/mol. The fourth-order valence-corrected chi connectivity index (χ4v) is 1.27. The molecule has 0 radical (unpaired) electrons. The average molecular weight is 201 g/mol. The van der Waals surface area contributed by atoms with Gasteiger partial charge < -0.3 is 15.2 Å². The van der Waals surface area contributed by atoms with Gasteiger partial charge in [0.2, 0.25) is 0 Å². The van der Waals surface area contributed by atoms with E-state index in [0.29, 0.717) is 0 Å². The van der Waals surface area contributed by atoms with E-state index < -0.39 is 0 Å². The molecule has 0 aromatic carbocycles. The maximum atomic E-state index is 9.00. The number of nitrogens with one attached hydrogen (secondary N) is 1. The molecule has 1 aliphatic rings. The van der Waals surface area contributed by atoms with Crippen LogP contribution < -0.4 is 5.32 Å². The number of hydrogen-bond donors (Lipinski definition) is 2. The van der Waals surface area contributed by atoms with Gasteiger partial charge in [-0.3, -0.25) is 0 Å². The Morgan fingerprint density at radius 2 is 2.21 bits per heavy atom. The van der Waals surface area contributed by atoms with Gasteiger partial charge >= 0.3 is 0 Å². The molecule has 14 heavy (non-hydrogen) atoms. The van der Waals surface area contributed by atoms with Gasteiger partial charge in [0.05, 0.1) is 6.10 Å². The summed E-state index contributed by atoms with van der Waals surface area (Å²) in [5, 5.41) is 12.3. The zero-order valence-electron chi connectivity index (χ0n) is 9.17. The Labute approximate surface area is 86.8 Å². The molecule has 1 aliphatic carbocycles. The molecule has 1 rings (SSSR count). The first-order valence-electron chi connectivity index (χ1n) is 5.75. The molecule has 0 spiro atoms. The van der Waals surface area contributed by atoms with Crippen LogP contribution in [0, 0.1) is 5.92 Å². The lowest BCUT2D eigenvalue weighted by atomic mass is 10.3. The molecule has 0 aromatic rings. The Kier molecular flexibility index (Phi) is 6.15. The molecule has 0 amide bonds. The summed E-state index contributed by atoms with van der Waals surface area (Å²) in [6.07, 6.45) is 4.46. The predicted octanol–water partition coefficient (Wildman–Crippen LogP) is 1.16. The molecule has 2 N–H and O–H groups in total. The third-order valence-corrected chi connectivity index (χ3v) is 2.43. The van der Waals surface area contributed by atoms with Gasteiger partial charge in [0.25, 0.3) is 0 Å². The Hall–Kier alpha value is -0.120. The van der Waals surface area contributed by atoms with Gasteiger partial charge in [0.1, 0.15) is 0 Å². The molecule has 3 nitrogen and oxygen atoms in total. The second kappa shape index (κ2) is 7.21. The van der Waals surface area contributed by atoms with Gasteiger partial charge in [-0.2, -0.15) is 0 Å². The number of hydrogen-bond acceptors (Lipinski definition) is 3. The van der Waals surface area contributed by atoms with E-state index in [1.54, 1.807) is 0 Å². The van der Waals surface area contributed by atoms with Crippen LogP contribution in [0.25, 0.3) is 0 Å². The highest BCUT2D eigenvalue weighted by Gasteiger charge is 2.20. The molecule has 84 valence electrons. The maximum absolute atomic E-state index is 9.00. The average Bonchev–Trinajstić information content (AvgIpc) is 2.92. The normalized spacial score (nSPS) is 18.4. The van der Waals surface area contributed by atoms with Crippen molar-refractivity contribution in [1.29, 1.82) is 0 Å². The van der Waals surface area contributed by atoms with Crippen molar-refractivity contribution >= 4 is 0 Å². The summed E-state index contributed by atoms with van der Waals surface area (Å²) in [7, 11) is 0. The van der Waals surface area contributed by atoms with Crippen molar-refractivity contribution in [3.05, 3.63) is 0 Å². The second-order valence-electron chi connectivity index (χ2n) is 4.26.